The number of carbonyl (C=O) groups excluding carboxylic acids is 1. The Balaban J connectivity index is 1.93. The number of carbonyl (C=O) groups is 1. The van der Waals surface area contributed by atoms with Crippen molar-refractivity contribution in [3.8, 4) is 5.75 Å². The minimum absolute atomic E-state index is 0.0702. The van der Waals surface area contributed by atoms with Crippen molar-refractivity contribution >= 4 is 11.7 Å². The maximum absolute atomic E-state index is 11.7. The molecule has 2 aromatic rings. The average molecular weight is 263 g/mol. The van der Waals surface area contributed by atoms with Gasteiger partial charge in [-0.25, -0.2) is 0 Å². The molecule has 7 nitrogen and oxygen atoms in total. The molecule has 0 aromatic carbocycles. The van der Waals surface area contributed by atoms with Gasteiger partial charge in [0.05, 0.1) is 5.69 Å². The summed E-state index contributed by atoms with van der Waals surface area (Å²) >= 11 is 0. The Bertz CT molecular complexity index is 599. The van der Waals surface area contributed by atoms with Gasteiger partial charge in [-0.15, -0.1) is 0 Å². The zero-order valence-corrected chi connectivity index (χ0v) is 11.4. The SMILES string of the molecule is Cc1cc(NC(=O)COc2c(C)nn(C)c2C)n[nH]1. The Morgan fingerprint density at radius 3 is 2.74 bits per heavy atom. The van der Waals surface area contributed by atoms with Crippen molar-refractivity contribution in [2.24, 2.45) is 7.05 Å². The highest BCUT2D eigenvalue weighted by atomic mass is 16.5. The summed E-state index contributed by atoms with van der Waals surface area (Å²) in [6.07, 6.45) is 0. The Morgan fingerprint density at radius 1 is 1.47 bits per heavy atom. The third-order valence-electron chi connectivity index (χ3n) is 2.76. The highest BCUT2D eigenvalue weighted by Gasteiger charge is 2.13. The first-order valence-electron chi connectivity index (χ1n) is 5.92. The third-order valence-corrected chi connectivity index (χ3v) is 2.76. The van der Waals surface area contributed by atoms with Crippen LogP contribution >= 0.6 is 0 Å². The lowest BCUT2D eigenvalue weighted by Crippen LogP contribution is -2.20. The Kier molecular flexibility index (Phi) is 3.55. The highest BCUT2D eigenvalue weighted by Crippen LogP contribution is 2.21. The molecule has 2 heterocycles. The van der Waals surface area contributed by atoms with Crippen LogP contribution in [-0.4, -0.2) is 32.5 Å². The van der Waals surface area contributed by atoms with E-state index in [1.807, 2.05) is 27.8 Å². The van der Waals surface area contributed by atoms with E-state index in [-0.39, 0.29) is 12.5 Å². The first kappa shape index (κ1) is 13.1. The van der Waals surface area contributed by atoms with E-state index >= 15 is 0 Å². The molecule has 0 bridgehead atoms. The summed E-state index contributed by atoms with van der Waals surface area (Å²) in [7, 11) is 1.84. The molecule has 0 aliphatic carbocycles. The summed E-state index contributed by atoms with van der Waals surface area (Å²) in [5.74, 6) is 0.885. The molecule has 19 heavy (non-hydrogen) atoms. The quantitative estimate of drug-likeness (QED) is 0.864. The van der Waals surface area contributed by atoms with Crippen LogP contribution in [0.15, 0.2) is 6.07 Å². The van der Waals surface area contributed by atoms with E-state index in [1.54, 1.807) is 10.7 Å². The van der Waals surface area contributed by atoms with Gasteiger partial charge in [-0.2, -0.15) is 10.2 Å². The molecule has 2 N–H and O–H groups in total. The zero-order chi connectivity index (χ0) is 14.0. The molecule has 0 aliphatic heterocycles. The zero-order valence-electron chi connectivity index (χ0n) is 11.4. The fraction of sp³-hybridized carbons (Fsp3) is 0.417. The molecular formula is C12H17N5O2. The molecule has 0 spiro atoms. The normalized spacial score (nSPS) is 10.5. The van der Waals surface area contributed by atoms with E-state index in [0.29, 0.717) is 11.6 Å². The van der Waals surface area contributed by atoms with Gasteiger partial charge in [0.25, 0.3) is 5.91 Å². The van der Waals surface area contributed by atoms with E-state index in [4.69, 9.17) is 4.74 Å². The van der Waals surface area contributed by atoms with Gasteiger partial charge in [-0.1, -0.05) is 0 Å². The molecule has 102 valence electrons. The summed E-state index contributed by atoms with van der Waals surface area (Å²) < 4.78 is 7.22. The summed E-state index contributed by atoms with van der Waals surface area (Å²) in [4.78, 5) is 11.7. The van der Waals surface area contributed by atoms with Crippen LogP contribution in [0, 0.1) is 20.8 Å². The maximum Gasteiger partial charge on any atom is 0.263 e. The molecule has 1 amide bonds. The van der Waals surface area contributed by atoms with Gasteiger partial charge in [0, 0.05) is 18.8 Å². The second kappa shape index (κ2) is 5.13. The number of H-pyrrole nitrogens is 1. The third kappa shape index (κ3) is 2.93. The molecule has 2 rings (SSSR count). The van der Waals surface area contributed by atoms with E-state index in [1.165, 1.54) is 0 Å². The summed E-state index contributed by atoms with van der Waals surface area (Å²) in [5.41, 5.74) is 2.54. The van der Waals surface area contributed by atoms with E-state index in [0.717, 1.165) is 17.1 Å². The van der Waals surface area contributed by atoms with Gasteiger partial charge < -0.3 is 10.1 Å². The number of rotatable bonds is 4. The number of hydrogen-bond acceptors (Lipinski definition) is 4. The van der Waals surface area contributed by atoms with Gasteiger partial charge in [0.15, 0.2) is 18.2 Å². The second-order valence-corrected chi connectivity index (χ2v) is 4.40. The van der Waals surface area contributed by atoms with Crippen LogP contribution in [0.1, 0.15) is 17.1 Å². The van der Waals surface area contributed by atoms with Gasteiger partial charge in [-0.3, -0.25) is 14.6 Å². The van der Waals surface area contributed by atoms with Gasteiger partial charge in [0.1, 0.15) is 5.69 Å². The molecule has 0 radical (unpaired) electrons. The topological polar surface area (TPSA) is 84.8 Å². The Hall–Kier alpha value is -2.31. The van der Waals surface area contributed by atoms with E-state index in [9.17, 15) is 4.79 Å². The number of ether oxygens (including phenoxy) is 1. The largest absolute Gasteiger partial charge is 0.480 e. The number of hydrogen-bond donors (Lipinski definition) is 2. The smallest absolute Gasteiger partial charge is 0.263 e. The first-order chi connectivity index (χ1) is 8.97. The molecule has 0 aliphatic rings. The van der Waals surface area contributed by atoms with Gasteiger partial charge >= 0.3 is 0 Å². The average Bonchev–Trinajstić information content (AvgIpc) is 2.83. The number of aromatic amines is 1. The second-order valence-electron chi connectivity index (χ2n) is 4.40. The lowest BCUT2D eigenvalue weighted by atomic mass is 10.3. The number of nitrogens with zero attached hydrogens (tertiary/aromatic N) is 3. The van der Waals surface area contributed by atoms with Crippen LogP contribution in [0.4, 0.5) is 5.82 Å². The number of amides is 1. The minimum atomic E-state index is -0.255. The van der Waals surface area contributed by atoms with Crippen LogP contribution < -0.4 is 10.1 Å². The van der Waals surface area contributed by atoms with E-state index < -0.39 is 0 Å². The van der Waals surface area contributed by atoms with Crippen LogP contribution in [0.5, 0.6) is 5.75 Å². The predicted octanol–water partition coefficient (Wildman–Crippen LogP) is 1.09. The number of anilines is 1. The van der Waals surface area contributed by atoms with Gasteiger partial charge in [0.2, 0.25) is 0 Å². The van der Waals surface area contributed by atoms with Crippen molar-refractivity contribution < 1.29 is 9.53 Å². The lowest BCUT2D eigenvalue weighted by molar-refractivity contribution is -0.118. The minimum Gasteiger partial charge on any atom is -0.480 e. The molecule has 2 aromatic heterocycles. The standard InChI is InChI=1S/C12H17N5O2/c1-7-5-10(15-14-7)13-11(18)6-19-12-8(2)16-17(4)9(12)3/h5H,6H2,1-4H3,(H2,13,14,15,18). The Morgan fingerprint density at radius 2 is 2.21 bits per heavy atom. The first-order valence-corrected chi connectivity index (χ1v) is 5.92. The molecule has 0 saturated heterocycles. The fourth-order valence-electron chi connectivity index (χ4n) is 1.76. The van der Waals surface area contributed by atoms with Crippen molar-refractivity contribution in [3.05, 3.63) is 23.1 Å². The number of aromatic nitrogens is 4. The van der Waals surface area contributed by atoms with Crippen molar-refractivity contribution in [2.45, 2.75) is 20.8 Å². The van der Waals surface area contributed by atoms with Crippen LogP contribution in [-0.2, 0) is 11.8 Å². The summed E-state index contributed by atoms with van der Waals surface area (Å²) in [6.45, 7) is 5.53. The lowest BCUT2D eigenvalue weighted by Gasteiger charge is -2.06. The maximum atomic E-state index is 11.7. The number of nitrogens with one attached hydrogen (secondary N) is 2. The summed E-state index contributed by atoms with van der Waals surface area (Å²) in [6, 6.07) is 1.75. The monoisotopic (exact) mass is 263 g/mol. The fourth-order valence-corrected chi connectivity index (χ4v) is 1.76. The molecule has 0 saturated carbocycles. The van der Waals surface area contributed by atoms with Crippen LogP contribution in [0.3, 0.4) is 0 Å². The van der Waals surface area contributed by atoms with Crippen LogP contribution in [0.2, 0.25) is 0 Å². The Labute approximate surface area is 111 Å². The van der Waals surface area contributed by atoms with Gasteiger partial charge in [-0.05, 0) is 20.8 Å². The summed E-state index contributed by atoms with van der Waals surface area (Å²) in [5, 5.41) is 13.5. The molecule has 0 unspecified atom stereocenters. The van der Waals surface area contributed by atoms with Crippen molar-refractivity contribution in [3.63, 3.8) is 0 Å². The van der Waals surface area contributed by atoms with Crippen LogP contribution in [0.25, 0.3) is 0 Å². The molecule has 0 atom stereocenters. The van der Waals surface area contributed by atoms with E-state index in [2.05, 4.69) is 20.6 Å². The number of aryl methyl sites for hydroxylation is 3. The van der Waals surface area contributed by atoms with Crippen molar-refractivity contribution in [1.29, 1.82) is 0 Å². The van der Waals surface area contributed by atoms with Crippen molar-refractivity contribution in [1.82, 2.24) is 20.0 Å². The molecule has 7 heteroatoms. The van der Waals surface area contributed by atoms with Crippen molar-refractivity contribution in [2.75, 3.05) is 11.9 Å². The highest BCUT2D eigenvalue weighted by molar-refractivity contribution is 5.90. The molecular weight excluding hydrogens is 246 g/mol. The predicted molar refractivity (Wildman–Crippen MR) is 70.1 cm³/mol. The molecule has 0 fully saturated rings.